The molecule has 0 aliphatic carbocycles. The summed E-state index contributed by atoms with van der Waals surface area (Å²) in [7, 11) is 1.51. The van der Waals surface area contributed by atoms with Crippen molar-refractivity contribution in [2.75, 3.05) is 20.3 Å². The maximum absolute atomic E-state index is 13.0. The molecule has 29 heavy (non-hydrogen) atoms. The van der Waals surface area contributed by atoms with Crippen LogP contribution in [0.2, 0.25) is 0 Å². The van der Waals surface area contributed by atoms with Crippen molar-refractivity contribution in [3.63, 3.8) is 0 Å². The quantitative estimate of drug-likeness (QED) is 0.606. The fourth-order valence-corrected chi connectivity index (χ4v) is 2.77. The summed E-state index contributed by atoms with van der Waals surface area (Å²) in [5, 5.41) is 6.65. The lowest BCUT2D eigenvalue weighted by molar-refractivity contribution is 0.0927. The second-order valence-electron chi connectivity index (χ2n) is 6.50. The van der Waals surface area contributed by atoms with Crippen molar-refractivity contribution in [3.8, 4) is 5.69 Å². The van der Waals surface area contributed by atoms with Gasteiger partial charge in [0.1, 0.15) is 0 Å². The summed E-state index contributed by atoms with van der Waals surface area (Å²) >= 11 is 0. The molecule has 0 unspecified atom stereocenters. The van der Waals surface area contributed by atoms with Crippen LogP contribution in [0.15, 0.2) is 64.2 Å². The third kappa shape index (κ3) is 4.67. The number of nitrogens with one attached hydrogen (secondary N) is 1. The molecule has 2 aromatic carbocycles. The lowest BCUT2D eigenvalue weighted by atomic mass is 10.2. The summed E-state index contributed by atoms with van der Waals surface area (Å²) in [4.78, 5) is 38.5. The van der Waals surface area contributed by atoms with Gasteiger partial charge in [-0.1, -0.05) is 48.0 Å². The highest BCUT2D eigenvalue weighted by Gasteiger charge is 2.20. The molecule has 1 amide bonds. The number of aromatic nitrogens is 3. The highest BCUT2D eigenvalue weighted by molar-refractivity contribution is 5.91. The number of nitrogens with zero attached hydrogens (tertiary/aromatic N) is 3. The van der Waals surface area contributed by atoms with E-state index < -0.39 is 17.2 Å². The number of hydrogen-bond donors (Lipinski definition) is 1. The van der Waals surface area contributed by atoms with Crippen LogP contribution in [0, 0.1) is 6.92 Å². The summed E-state index contributed by atoms with van der Waals surface area (Å²) in [6.45, 7) is 2.47. The molecule has 0 saturated heterocycles. The van der Waals surface area contributed by atoms with Crippen LogP contribution in [0.25, 0.3) is 5.69 Å². The van der Waals surface area contributed by atoms with E-state index in [9.17, 15) is 14.4 Å². The van der Waals surface area contributed by atoms with Crippen LogP contribution in [0.4, 0.5) is 0 Å². The zero-order valence-corrected chi connectivity index (χ0v) is 16.3. The van der Waals surface area contributed by atoms with E-state index in [-0.39, 0.29) is 18.8 Å². The Morgan fingerprint density at radius 3 is 2.41 bits per heavy atom. The van der Waals surface area contributed by atoms with E-state index in [0.717, 1.165) is 20.4 Å². The zero-order chi connectivity index (χ0) is 20.8. The topological polar surface area (TPSA) is 95.2 Å². The van der Waals surface area contributed by atoms with Crippen LogP contribution >= 0.6 is 0 Å². The standard InChI is InChI=1S/C21H22N4O4/c1-15-8-10-17(11-9-15)25-21(28)24(14-16-6-4-3-5-7-16)20(27)18(23-25)19(26)22-12-13-29-2/h3-11H,12-14H2,1-2H3,(H,22,26). The fraction of sp³-hybridized carbons (Fsp3) is 0.238. The number of benzene rings is 2. The highest BCUT2D eigenvalue weighted by atomic mass is 16.5. The van der Waals surface area contributed by atoms with Gasteiger partial charge >= 0.3 is 5.69 Å². The van der Waals surface area contributed by atoms with Gasteiger partial charge in [0, 0.05) is 13.7 Å². The Balaban J connectivity index is 2.12. The molecular weight excluding hydrogens is 372 g/mol. The minimum absolute atomic E-state index is 0.0330. The molecule has 1 aromatic heterocycles. The molecule has 0 spiro atoms. The molecule has 0 aliphatic rings. The van der Waals surface area contributed by atoms with Gasteiger partial charge in [0.25, 0.3) is 11.5 Å². The molecule has 3 rings (SSSR count). The van der Waals surface area contributed by atoms with Crippen LogP contribution in [-0.4, -0.2) is 40.5 Å². The SMILES string of the molecule is COCCNC(=O)c1nn(-c2ccc(C)cc2)c(=O)n(Cc2ccccc2)c1=O. The predicted molar refractivity (Wildman–Crippen MR) is 109 cm³/mol. The molecule has 0 aliphatic heterocycles. The van der Waals surface area contributed by atoms with Crippen LogP contribution < -0.4 is 16.6 Å². The third-order valence-electron chi connectivity index (χ3n) is 4.33. The lowest BCUT2D eigenvalue weighted by Gasteiger charge is -2.12. The number of hydrogen-bond acceptors (Lipinski definition) is 5. The van der Waals surface area contributed by atoms with E-state index in [1.54, 1.807) is 24.3 Å². The molecule has 0 saturated carbocycles. The number of carbonyl (C=O) groups excluding carboxylic acids is 1. The molecule has 0 radical (unpaired) electrons. The van der Waals surface area contributed by atoms with Crippen molar-refractivity contribution in [1.29, 1.82) is 0 Å². The van der Waals surface area contributed by atoms with Crippen LogP contribution in [-0.2, 0) is 11.3 Å². The van der Waals surface area contributed by atoms with E-state index >= 15 is 0 Å². The first kappa shape index (κ1) is 20.2. The van der Waals surface area contributed by atoms with Crippen molar-refractivity contribution in [2.45, 2.75) is 13.5 Å². The third-order valence-corrected chi connectivity index (χ3v) is 4.33. The summed E-state index contributed by atoms with van der Waals surface area (Å²) < 4.78 is 7.01. The second kappa shape index (κ2) is 9.11. The summed E-state index contributed by atoms with van der Waals surface area (Å²) in [5.41, 5.74) is 0.537. The van der Waals surface area contributed by atoms with Gasteiger partial charge in [-0.3, -0.25) is 14.2 Å². The van der Waals surface area contributed by atoms with Gasteiger partial charge in [-0.25, -0.2) is 4.79 Å². The number of ether oxygens (including phenoxy) is 1. The van der Waals surface area contributed by atoms with Crippen LogP contribution in [0.3, 0.4) is 0 Å². The molecule has 3 aromatic rings. The van der Waals surface area contributed by atoms with Crippen molar-refractivity contribution in [3.05, 3.63) is 92.3 Å². The van der Waals surface area contributed by atoms with Crippen molar-refractivity contribution in [1.82, 2.24) is 19.7 Å². The Morgan fingerprint density at radius 2 is 1.76 bits per heavy atom. The average molecular weight is 394 g/mol. The zero-order valence-electron chi connectivity index (χ0n) is 16.3. The minimum Gasteiger partial charge on any atom is -0.383 e. The Labute approximate surface area is 167 Å². The van der Waals surface area contributed by atoms with Crippen LogP contribution in [0.1, 0.15) is 21.6 Å². The van der Waals surface area contributed by atoms with E-state index in [0.29, 0.717) is 12.3 Å². The monoisotopic (exact) mass is 394 g/mol. The van der Waals surface area contributed by atoms with Gasteiger partial charge in [-0.05, 0) is 24.6 Å². The molecule has 8 heteroatoms. The molecule has 0 fully saturated rings. The first-order valence-corrected chi connectivity index (χ1v) is 9.13. The smallest absolute Gasteiger partial charge is 0.352 e. The largest absolute Gasteiger partial charge is 0.383 e. The lowest BCUT2D eigenvalue weighted by Crippen LogP contribution is -2.46. The average Bonchev–Trinajstić information content (AvgIpc) is 2.73. The van der Waals surface area contributed by atoms with Gasteiger partial charge in [0.2, 0.25) is 5.69 Å². The number of aryl methyl sites for hydroxylation is 1. The summed E-state index contributed by atoms with van der Waals surface area (Å²) in [6.07, 6.45) is 0. The Kier molecular flexibility index (Phi) is 6.36. The summed E-state index contributed by atoms with van der Waals surface area (Å²) in [5.74, 6) is -0.658. The molecule has 0 atom stereocenters. The van der Waals surface area contributed by atoms with Crippen LogP contribution in [0.5, 0.6) is 0 Å². The maximum atomic E-state index is 13.0. The maximum Gasteiger partial charge on any atom is 0.352 e. The number of carbonyl (C=O) groups is 1. The van der Waals surface area contributed by atoms with Gasteiger partial charge < -0.3 is 10.1 Å². The molecule has 150 valence electrons. The van der Waals surface area contributed by atoms with Crippen molar-refractivity contribution in [2.24, 2.45) is 0 Å². The van der Waals surface area contributed by atoms with Gasteiger partial charge in [0.15, 0.2) is 0 Å². The molecule has 1 N–H and O–H groups in total. The van der Waals surface area contributed by atoms with E-state index in [2.05, 4.69) is 10.4 Å². The highest BCUT2D eigenvalue weighted by Crippen LogP contribution is 2.06. The molecule has 8 nitrogen and oxygen atoms in total. The van der Waals surface area contributed by atoms with Gasteiger partial charge in [-0.2, -0.15) is 9.78 Å². The van der Waals surface area contributed by atoms with E-state index in [1.165, 1.54) is 7.11 Å². The van der Waals surface area contributed by atoms with E-state index in [4.69, 9.17) is 4.74 Å². The van der Waals surface area contributed by atoms with Crippen molar-refractivity contribution >= 4 is 5.91 Å². The molecule has 0 bridgehead atoms. The number of rotatable bonds is 7. The number of amides is 1. The summed E-state index contributed by atoms with van der Waals surface area (Å²) in [6, 6.07) is 16.2. The normalized spacial score (nSPS) is 10.7. The first-order valence-electron chi connectivity index (χ1n) is 9.13. The second-order valence-corrected chi connectivity index (χ2v) is 6.50. The minimum atomic E-state index is -0.739. The molecule has 1 heterocycles. The predicted octanol–water partition coefficient (Wildman–Crippen LogP) is 1.13. The van der Waals surface area contributed by atoms with Crippen molar-refractivity contribution < 1.29 is 9.53 Å². The first-order chi connectivity index (χ1) is 14.0. The fourth-order valence-electron chi connectivity index (χ4n) is 2.77. The van der Waals surface area contributed by atoms with Gasteiger partial charge in [0.05, 0.1) is 18.8 Å². The Morgan fingerprint density at radius 1 is 1.07 bits per heavy atom. The van der Waals surface area contributed by atoms with E-state index in [1.807, 2.05) is 37.3 Å². The molecular formula is C21H22N4O4. The Bertz CT molecular complexity index is 1100. The van der Waals surface area contributed by atoms with Gasteiger partial charge in [-0.15, -0.1) is 0 Å². The number of methoxy groups -OCH3 is 1. The Hall–Kier alpha value is -3.52.